The van der Waals surface area contributed by atoms with Crippen LogP contribution < -0.4 is 27.2 Å². The van der Waals surface area contributed by atoms with Crippen LogP contribution in [0.2, 0.25) is 10.0 Å². The fourth-order valence-corrected chi connectivity index (χ4v) is 6.42. The number of rotatable bonds is 9. The maximum atomic E-state index is 13.8. The smallest absolute Gasteiger partial charge is 0.410 e. The molecule has 0 spiro atoms. The Labute approximate surface area is 286 Å². The second kappa shape index (κ2) is 14.6. The Bertz CT molecular complexity index is 1820. The highest BCUT2D eigenvalue weighted by Crippen LogP contribution is 2.37. The first-order valence-electron chi connectivity index (χ1n) is 14.9. The van der Waals surface area contributed by atoms with E-state index in [1.54, 1.807) is 22.3 Å². The number of nitrogens with two attached hydrogens (primary N) is 1. The van der Waals surface area contributed by atoms with Crippen molar-refractivity contribution in [3.63, 3.8) is 0 Å². The van der Waals surface area contributed by atoms with Crippen LogP contribution in [0.15, 0.2) is 65.9 Å². The summed E-state index contributed by atoms with van der Waals surface area (Å²) in [6, 6.07) is 13.7. The zero-order valence-corrected chi connectivity index (χ0v) is 28.4. The third-order valence-electron chi connectivity index (χ3n) is 7.47. The third kappa shape index (κ3) is 8.36. The number of hydrogen-bond acceptors (Lipinski definition) is 10. The normalized spacial score (nSPS) is 14.8. The van der Waals surface area contributed by atoms with Crippen LogP contribution in [0.4, 0.5) is 26.2 Å². The van der Waals surface area contributed by atoms with Crippen molar-refractivity contribution >= 4 is 68.6 Å². The van der Waals surface area contributed by atoms with Gasteiger partial charge in [0.1, 0.15) is 23.5 Å². The zero-order valence-electron chi connectivity index (χ0n) is 26.0. The van der Waals surface area contributed by atoms with E-state index in [9.17, 15) is 14.4 Å². The lowest BCUT2D eigenvalue weighted by atomic mass is 10.1. The number of carbonyl (C=O) groups excluding carboxylic acids is 1. The summed E-state index contributed by atoms with van der Waals surface area (Å²) >= 11 is 14.3. The van der Waals surface area contributed by atoms with E-state index in [1.807, 2.05) is 50.6 Å². The van der Waals surface area contributed by atoms with Gasteiger partial charge in [0.05, 0.1) is 32.5 Å². The number of ether oxygens (including phenoxy) is 1. The number of anilines is 3. The van der Waals surface area contributed by atoms with Crippen LogP contribution in [0.25, 0.3) is 10.9 Å². The summed E-state index contributed by atoms with van der Waals surface area (Å²) in [5.74, 6) is 5.53. The average Bonchev–Trinajstić information content (AvgIpc) is 3.57. The highest BCUT2D eigenvalue weighted by atomic mass is 35.5. The Balaban J connectivity index is 1.40. The number of fused-ring (bicyclic) bond motifs is 1. The first-order chi connectivity index (χ1) is 22.5. The molecular weight excluding hydrogens is 662 g/mol. The van der Waals surface area contributed by atoms with Gasteiger partial charge in [-0.1, -0.05) is 29.3 Å². The van der Waals surface area contributed by atoms with E-state index in [2.05, 4.69) is 32.4 Å². The largest absolute Gasteiger partial charge is 0.444 e. The summed E-state index contributed by atoms with van der Waals surface area (Å²) in [4.78, 5) is 19.6. The molecule has 6 N–H and O–H groups in total. The van der Waals surface area contributed by atoms with Gasteiger partial charge in [-0.05, 0) is 75.4 Å². The van der Waals surface area contributed by atoms with Gasteiger partial charge in [-0.25, -0.2) is 9.18 Å². The molecule has 5 rings (SSSR count). The minimum Gasteiger partial charge on any atom is -0.444 e. The SMILES string of the molecule is CC(C)(C)OC(=O)N1CCC(N/C=C(\NN)[C@@H](Nc2cc(Cl)c3ncc(C#N)c(Nc4ccc(F)c(Cl)c4)c3c2)c2cccs2)CC1. The molecule has 1 aliphatic rings. The number of benzene rings is 2. The molecule has 10 nitrogen and oxygen atoms in total. The molecule has 0 aliphatic carbocycles. The number of pyridine rings is 1. The van der Waals surface area contributed by atoms with Crippen molar-refractivity contribution in [2.24, 2.45) is 5.84 Å². The first kappa shape index (κ1) is 34.1. The quantitative estimate of drug-likeness (QED) is 0.0875. The topological polar surface area (TPSA) is 140 Å². The van der Waals surface area contributed by atoms with Crippen molar-refractivity contribution in [2.75, 3.05) is 23.7 Å². The summed E-state index contributed by atoms with van der Waals surface area (Å²) in [7, 11) is 0. The molecule has 47 heavy (non-hydrogen) atoms. The van der Waals surface area contributed by atoms with Gasteiger partial charge in [-0.2, -0.15) is 5.26 Å². The third-order valence-corrected chi connectivity index (χ3v) is 8.99. The molecule has 246 valence electrons. The van der Waals surface area contributed by atoms with Crippen LogP contribution in [-0.4, -0.2) is 40.7 Å². The Morgan fingerprint density at radius 2 is 1.94 bits per heavy atom. The van der Waals surface area contributed by atoms with Crippen molar-refractivity contribution in [1.82, 2.24) is 20.6 Å². The minimum atomic E-state index is -0.551. The standard InChI is InChI=1S/C33H35Cl2FN8O2S/c1-33(2,3)46-32(45)44-10-8-20(9-11-44)39-18-27(43-38)31(28-5-4-12-47-28)42-22-13-23-29(41-21-6-7-26(36)24(34)14-21)19(16-37)17-40-30(23)25(35)15-22/h4-7,12-15,17-18,20,31,39,42-43H,8-11,38H2,1-3H3,(H,40,41)/b27-18-/t31-/m1/s1. The van der Waals surface area contributed by atoms with E-state index in [0.717, 1.165) is 17.7 Å². The van der Waals surface area contributed by atoms with Crippen LogP contribution >= 0.6 is 34.5 Å². The van der Waals surface area contributed by atoms with Crippen molar-refractivity contribution in [3.05, 3.63) is 92.2 Å². The van der Waals surface area contributed by atoms with Crippen molar-refractivity contribution in [1.29, 1.82) is 5.26 Å². The number of hydrazine groups is 1. The van der Waals surface area contributed by atoms with Crippen LogP contribution in [-0.2, 0) is 4.74 Å². The molecule has 0 bridgehead atoms. The number of halogens is 3. The molecule has 0 saturated carbocycles. The van der Waals surface area contributed by atoms with E-state index in [0.29, 0.717) is 51.8 Å². The van der Waals surface area contributed by atoms with Gasteiger partial charge >= 0.3 is 6.09 Å². The Kier molecular flexibility index (Phi) is 10.6. The van der Waals surface area contributed by atoms with Gasteiger partial charge in [-0.15, -0.1) is 11.3 Å². The van der Waals surface area contributed by atoms with Crippen molar-refractivity contribution in [3.8, 4) is 6.07 Å². The van der Waals surface area contributed by atoms with E-state index >= 15 is 0 Å². The van der Waals surface area contributed by atoms with Gasteiger partial charge < -0.3 is 31.0 Å². The Hall–Kier alpha value is -4.28. The lowest BCUT2D eigenvalue weighted by Crippen LogP contribution is -2.46. The molecule has 3 heterocycles. The summed E-state index contributed by atoms with van der Waals surface area (Å²) in [6.07, 6.45) is 4.48. The second-order valence-electron chi connectivity index (χ2n) is 12.0. The number of piperidine rings is 1. The van der Waals surface area contributed by atoms with E-state index in [-0.39, 0.29) is 22.7 Å². The molecule has 1 saturated heterocycles. The molecule has 0 unspecified atom stereocenters. The van der Waals surface area contributed by atoms with Gasteiger partial charge in [0.2, 0.25) is 0 Å². The Morgan fingerprint density at radius 1 is 1.19 bits per heavy atom. The molecule has 2 aromatic heterocycles. The van der Waals surface area contributed by atoms with Crippen LogP contribution in [0.1, 0.15) is 50.1 Å². The molecule has 2 aromatic carbocycles. The van der Waals surface area contributed by atoms with E-state index in [1.165, 1.54) is 24.4 Å². The summed E-state index contributed by atoms with van der Waals surface area (Å²) in [5, 5.41) is 23.0. The minimum absolute atomic E-state index is 0.0538. The maximum Gasteiger partial charge on any atom is 0.410 e. The predicted molar refractivity (Wildman–Crippen MR) is 186 cm³/mol. The number of nitrogens with one attached hydrogen (secondary N) is 4. The van der Waals surface area contributed by atoms with Crippen LogP contribution in [0, 0.1) is 17.1 Å². The van der Waals surface area contributed by atoms with Crippen LogP contribution in [0.3, 0.4) is 0 Å². The summed E-state index contributed by atoms with van der Waals surface area (Å²) in [5.41, 5.74) is 5.30. The number of amides is 1. The maximum absolute atomic E-state index is 13.8. The highest BCUT2D eigenvalue weighted by Gasteiger charge is 2.27. The zero-order chi connectivity index (χ0) is 33.7. The van der Waals surface area contributed by atoms with Gasteiger partial charge in [0.15, 0.2) is 0 Å². The van der Waals surface area contributed by atoms with Gasteiger partial charge in [0, 0.05) is 53.2 Å². The molecule has 1 fully saturated rings. The van der Waals surface area contributed by atoms with Gasteiger partial charge in [0.25, 0.3) is 0 Å². The van der Waals surface area contributed by atoms with Crippen molar-refractivity contribution < 1.29 is 13.9 Å². The van der Waals surface area contributed by atoms with Crippen molar-refractivity contribution in [2.45, 2.75) is 51.3 Å². The monoisotopic (exact) mass is 696 g/mol. The molecular formula is C33H35Cl2FN8O2S. The lowest BCUT2D eigenvalue weighted by molar-refractivity contribution is 0.0201. The lowest BCUT2D eigenvalue weighted by Gasteiger charge is -2.33. The number of nitrogens with zero attached hydrogens (tertiary/aromatic N) is 3. The fourth-order valence-electron chi connectivity index (χ4n) is 5.18. The van der Waals surface area contributed by atoms with Gasteiger partial charge in [-0.3, -0.25) is 10.8 Å². The number of carbonyl (C=O) groups is 1. The first-order valence-corrected chi connectivity index (χ1v) is 16.5. The molecule has 1 atom stereocenters. The summed E-state index contributed by atoms with van der Waals surface area (Å²) < 4.78 is 19.4. The second-order valence-corrected chi connectivity index (χ2v) is 13.8. The number of likely N-dealkylation sites (tertiary alicyclic amines) is 1. The van der Waals surface area contributed by atoms with E-state index in [4.69, 9.17) is 33.8 Å². The number of thiophene rings is 1. The van der Waals surface area contributed by atoms with Crippen LogP contribution in [0.5, 0.6) is 0 Å². The molecule has 14 heteroatoms. The Morgan fingerprint density at radius 3 is 2.57 bits per heavy atom. The molecule has 4 aromatic rings. The predicted octanol–water partition coefficient (Wildman–Crippen LogP) is 7.80. The fraction of sp³-hybridized carbons (Fsp3) is 0.303. The molecule has 1 aliphatic heterocycles. The van der Waals surface area contributed by atoms with E-state index < -0.39 is 17.5 Å². The number of hydrogen-bond donors (Lipinski definition) is 5. The molecule has 1 amide bonds. The number of nitriles is 1. The summed E-state index contributed by atoms with van der Waals surface area (Å²) in [6.45, 7) is 6.72. The number of aromatic nitrogens is 1. The average molecular weight is 698 g/mol. The molecule has 0 radical (unpaired) electrons. The highest BCUT2D eigenvalue weighted by molar-refractivity contribution is 7.10.